The number of nitrogens with zero attached hydrogens (tertiary/aromatic N) is 4. The lowest BCUT2D eigenvalue weighted by Crippen LogP contribution is -2.33. The largest absolute Gasteiger partial charge is 0.469 e. The van der Waals surface area contributed by atoms with Gasteiger partial charge in [-0.2, -0.15) is 0 Å². The normalized spacial score (nSPS) is 28.0. The van der Waals surface area contributed by atoms with Crippen molar-refractivity contribution in [2.45, 2.75) is 55.4 Å². The Morgan fingerprint density at radius 2 is 2.00 bits per heavy atom. The minimum Gasteiger partial charge on any atom is -0.387 e. The fourth-order valence-electron chi connectivity index (χ4n) is 3.81. The zero-order chi connectivity index (χ0) is 21.5. The second kappa shape index (κ2) is 8.67. The SMILES string of the molecule is Nc1nc(SCC2CCCC2)nc2c1ncn2[C@@H]1O[C@H](COP(=O)(O)O)[C@@H](O)[C@H]1O. The van der Waals surface area contributed by atoms with Crippen molar-refractivity contribution in [1.29, 1.82) is 0 Å². The van der Waals surface area contributed by atoms with E-state index < -0.39 is 39.0 Å². The smallest absolute Gasteiger partial charge is 0.387 e. The van der Waals surface area contributed by atoms with Gasteiger partial charge in [0.15, 0.2) is 22.8 Å². The molecular weight excluding hydrogens is 437 g/mol. The molecule has 2 aromatic heterocycles. The third kappa shape index (κ3) is 4.63. The van der Waals surface area contributed by atoms with E-state index in [1.54, 1.807) is 0 Å². The molecule has 30 heavy (non-hydrogen) atoms. The van der Waals surface area contributed by atoms with Crippen molar-refractivity contribution in [2.24, 2.45) is 5.92 Å². The van der Waals surface area contributed by atoms with Gasteiger partial charge in [-0.3, -0.25) is 9.09 Å². The molecule has 0 bridgehead atoms. The first-order valence-corrected chi connectivity index (χ1v) is 12.1. The van der Waals surface area contributed by atoms with Crippen LogP contribution < -0.4 is 5.73 Å². The van der Waals surface area contributed by atoms with Crippen LogP contribution in [0.2, 0.25) is 0 Å². The number of nitrogen functional groups attached to an aromatic ring is 1. The van der Waals surface area contributed by atoms with E-state index in [9.17, 15) is 14.8 Å². The Kier molecular flexibility index (Phi) is 6.33. The van der Waals surface area contributed by atoms with Crippen LogP contribution >= 0.6 is 19.6 Å². The maximum atomic E-state index is 10.9. The quantitative estimate of drug-likeness (QED) is 0.218. The zero-order valence-corrected chi connectivity index (χ0v) is 17.7. The minimum atomic E-state index is -4.75. The number of phosphoric acid groups is 1. The van der Waals surface area contributed by atoms with Gasteiger partial charge in [0.25, 0.3) is 0 Å². The first-order valence-electron chi connectivity index (χ1n) is 9.57. The van der Waals surface area contributed by atoms with E-state index in [2.05, 4.69) is 19.5 Å². The summed E-state index contributed by atoms with van der Waals surface area (Å²) in [7, 11) is -4.75. The molecule has 2 aliphatic rings. The van der Waals surface area contributed by atoms with Gasteiger partial charge in [-0.1, -0.05) is 24.6 Å². The van der Waals surface area contributed by atoms with Gasteiger partial charge in [-0.05, 0) is 18.8 Å². The molecule has 2 fully saturated rings. The van der Waals surface area contributed by atoms with Gasteiger partial charge in [0.05, 0.1) is 12.9 Å². The maximum Gasteiger partial charge on any atom is 0.469 e. The van der Waals surface area contributed by atoms with Crippen LogP contribution in [0, 0.1) is 5.92 Å². The summed E-state index contributed by atoms with van der Waals surface area (Å²) in [4.78, 5) is 30.7. The summed E-state index contributed by atoms with van der Waals surface area (Å²) in [6, 6.07) is 0. The molecule has 1 saturated carbocycles. The number of ether oxygens (including phenoxy) is 1. The van der Waals surface area contributed by atoms with Crippen molar-refractivity contribution in [3.8, 4) is 0 Å². The molecule has 1 aliphatic carbocycles. The van der Waals surface area contributed by atoms with Gasteiger partial charge in [0.1, 0.15) is 23.8 Å². The summed E-state index contributed by atoms with van der Waals surface area (Å²) in [6.07, 6.45) is 1.20. The van der Waals surface area contributed by atoms with E-state index in [0.717, 1.165) is 5.75 Å². The van der Waals surface area contributed by atoms with Crippen molar-refractivity contribution < 1.29 is 33.8 Å². The Morgan fingerprint density at radius 1 is 1.27 bits per heavy atom. The van der Waals surface area contributed by atoms with E-state index >= 15 is 0 Å². The molecule has 12 nitrogen and oxygen atoms in total. The number of aliphatic hydroxyl groups is 2. The molecule has 3 heterocycles. The number of hydrogen-bond acceptors (Lipinski definition) is 10. The van der Waals surface area contributed by atoms with E-state index in [0.29, 0.717) is 22.2 Å². The second-order valence-corrected chi connectivity index (χ2v) is 9.74. The van der Waals surface area contributed by atoms with E-state index in [1.165, 1.54) is 48.3 Å². The van der Waals surface area contributed by atoms with Crippen molar-refractivity contribution in [3.63, 3.8) is 0 Å². The molecule has 6 N–H and O–H groups in total. The summed E-state index contributed by atoms with van der Waals surface area (Å²) < 4.78 is 22.3. The van der Waals surface area contributed by atoms with Crippen LogP contribution in [0.3, 0.4) is 0 Å². The molecule has 0 amide bonds. The predicted molar refractivity (Wildman–Crippen MR) is 106 cm³/mol. The number of rotatable bonds is 7. The molecule has 4 atom stereocenters. The molecule has 166 valence electrons. The number of hydrogen-bond donors (Lipinski definition) is 5. The fraction of sp³-hybridized carbons (Fsp3) is 0.688. The van der Waals surface area contributed by atoms with E-state index in [1.807, 2.05) is 0 Å². The van der Waals surface area contributed by atoms with Crippen LogP contribution in [-0.2, 0) is 13.8 Å². The average molecular weight is 461 g/mol. The molecule has 14 heteroatoms. The van der Waals surface area contributed by atoms with Gasteiger partial charge in [-0.15, -0.1) is 0 Å². The average Bonchev–Trinajstić information content (AvgIpc) is 3.40. The molecule has 0 radical (unpaired) electrons. The number of anilines is 1. The summed E-state index contributed by atoms with van der Waals surface area (Å²) in [6.45, 7) is -0.592. The highest BCUT2D eigenvalue weighted by Gasteiger charge is 2.45. The summed E-state index contributed by atoms with van der Waals surface area (Å²) in [5, 5.41) is 21.1. The molecule has 4 rings (SSSR count). The first kappa shape index (κ1) is 21.9. The van der Waals surface area contributed by atoms with Crippen molar-refractivity contribution in [2.75, 3.05) is 18.1 Å². The molecule has 0 aromatic carbocycles. The lowest BCUT2D eigenvalue weighted by molar-refractivity contribution is -0.0504. The number of fused-ring (bicyclic) bond motifs is 1. The van der Waals surface area contributed by atoms with E-state index in [4.69, 9.17) is 20.3 Å². The number of thioether (sulfide) groups is 1. The molecule has 0 unspecified atom stereocenters. The highest BCUT2D eigenvalue weighted by Crippen LogP contribution is 2.39. The van der Waals surface area contributed by atoms with Gasteiger partial charge >= 0.3 is 7.82 Å². The zero-order valence-electron chi connectivity index (χ0n) is 15.9. The lowest BCUT2D eigenvalue weighted by atomic mass is 10.1. The van der Waals surface area contributed by atoms with Crippen LogP contribution in [0.4, 0.5) is 5.82 Å². The van der Waals surface area contributed by atoms with E-state index in [-0.39, 0.29) is 5.82 Å². The van der Waals surface area contributed by atoms with Crippen LogP contribution in [0.15, 0.2) is 11.5 Å². The van der Waals surface area contributed by atoms with Crippen LogP contribution in [0.1, 0.15) is 31.9 Å². The molecular formula is C16H24N5O7PS. The summed E-state index contributed by atoms with van der Waals surface area (Å²) in [5.74, 6) is 1.72. The number of imidazole rings is 1. The predicted octanol–water partition coefficient (Wildman–Crippen LogP) is 0.419. The van der Waals surface area contributed by atoms with Crippen LogP contribution in [-0.4, -0.2) is 70.2 Å². The summed E-state index contributed by atoms with van der Waals surface area (Å²) >= 11 is 1.51. The van der Waals surface area contributed by atoms with Gasteiger partial charge in [0, 0.05) is 5.75 Å². The Labute approximate surface area is 176 Å². The molecule has 1 saturated heterocycles. The minimum absolute atomic E-state index is 0.196. The van der Waals surface area contributed by atoms with Gasteiger partial charge in [-0.25, -0.2) is 19.5 Å². The number of nitrogens with two attached hydrogens (primary N) is 1. The Hall–Kier alpha value is -1.31. The van der Waals surface area contributed by atoms with Crippen LogP contribution in [0.25, 0.3) is 11.2 Å². The van der Waals surface area contributed by atoms with Crippen molar-refractivity contribution >= 4 is 36.6 Å². The lowest BCUT2D eigenvalue weighted by Gasteiger charge is -2.17. The number of phosphoric ester groups is 1. The third-order valence-electron chi connectivity index (χ3n) is 5.37. The highest BCUT2D eigenvalue weighted by molar-refractivity contribution is 7.99. The van der Waals surface area contributed by atoms with Crippen LogP contribution in [0.5, 0.6) is 0 Å². The number of aromatic nitrogens is 4. The highest BCUT2D eigenvalue weighted by atomic mass is 32.2. The standard InChI is InChI=1S/C16H24N5O7PS/c17-13-10-14(20-16(19-13)30-6-8-3-1-2-4-8)21(7-18-10)15-12(23)11(22)9(28-15)5-27-29(24,25)26/h7-9,11-12,15,22-23H,1-6H2,(H2,17,19,20)(H2,24,25,26)/t9-,11-,12-,15-/m1/s1. The van der Waals surface area contributed by atoms with Crippen molar-refractivity contribution in [3.05, 3.63) is 6.33 Å². The topological polar surface area (TPSA) is 186 Å². The second-order valence-electron chi connectivity index (χ2n) is 7.51. The fourth-order valence-corrected chi connectivity index (χ4v) is 5.18. The molecule has 1 aliphatic heterocycles. The monoisotopic (exact) mass is 461 g/mol. The Morgan fingerprint density at radius 3 is 2.70 bits per heavy atom. The molecule has 0 spiro atoms. The first-order chi connectivity index (χ1) is 14.2. The number of aliphatic hydroxyl groups excluding tert-OH is 2. The Balaban J connectivity index is 1.55. The van der Waals surface area contributed by atoms with Gasteiger partial charge < -0.3 is 30.5 Å². The summed E-state index contributed by atoms with van der Waals surface area (Å²) in [5.41, 5.74) is 6.71. The van der Waals surface area contributed by atoms with Gasteiger partial charge in [0.2, 0.25) is 0 Å². The maximum absolute atomic E-state index is 10.9. The third-order valence-corrected chi connectivity index (χ3v) is 6.93. The Bertz CT molecular complexity index is 949. The molecule has 2 aromatic rings. The van der Waals surface area contributed by atoms with Crippen molar-refractivity contribution in [1.82, 2.24) is 19.5 Å².